The largest absolute Gasteiger partial charge is 0.465 e. The number of aromatic nitrogens is 3. The minimum atomic E-state index is -0.640. The van der Waals surface area contributed by atoms with Gasteiger partial charge in [0.15, 0.2) is 5.82 Å². The summed E-state index contributed by atoms with van der Waals surface area (Å²) in [6, 6.07) is 12.8. The number of esters is 1. The van der Waals surface area contributed by atoms with Crippen LogP contribution in [0.25, 0.3) is 0 Å². The molecule has 0 amide bonds. The molecule has 1 aromatic heterocycles. The Morgan fingerprint density at radius 3 is 2.71 bits per heavy atom. The van der Waals surface area contributed by atoms with Gasteiger partial charge in [0.1, 0.15) is 6.54 Å². The molecule has 31 heavy (non-hydrogen) atoms. The summed E-state index contributed by atoms with van der Waals surface area (Å²) in [4.78, 5) is 35.0. The van der Waals surface area contributed by atoms with Gasteiger partial charge in [-0.05, 0) is 24.6 Å². The maximum Gasteiger partial charge on any atom is 0.367 e. The Hall–Kier alpha value is -3.79. The first-order chi connectivity index (χ1) is 14.9. The zero-order valence-corrected chi connectivity index (χ0v) is 17.2. The molecule has 0 radical (unpaired) electrons. The lowest BCUT2D eigenvalue weighted by Gasteiger charge is -2.01. The molecular weight excluding hydrogens is 426 g/mol. The fourth-order valence-electron chi connectivity index (χ4n) is 2.73. The summed E-state index contributed by atoms with van der Waals surface area (Å²) in [5.41, 5.74) is 0.510. The molecule has 0 spiro atoms. The normalized spacial score (nSPS) is 11.0. The van der Waals surface area contributed by atoms with E-state index in [4.69, 9.17) is 16.3 Å². The van der Waals surface area contributed by atoms with Crippen molar-refractivity contribution < 1.29 is 14.5 Å². The van der Waals surface area contributed by atoms with Gasteiger partial charge in [-0.15, -0.1) is 0 Å². The molecule has 0 bridgehead atoms. The first kappa shape index (κ1) is 21.9. The number of nitro benzene ring substituents is 1. The van der Waals surface area contributed by atoms with Crippen molar-refractivity contribution >= 4 is 29.5 Å². The zero-order chi connectivity index (χ0) is 22.4. The summed E-state index contributed by atoms with van der Waals surface area (Å²) < 4.78 is 6.90. The van der Waals surface area contributed by atoms with E-state index in [2.05, 4.69) is 10.2 Å². The van der Waals surface area contributed by atoms with Gasteiger partial charge in [0.2, 0.25) is 0 Å². The van der Waals surface area contributed by atoms with Crippen molar-refractivity contribution in [2.24, 2.45) is 5.10 Å². The van der Waals surface area contributed by atoms with E-state index in [0.717, 1.165) is 14.9 Å². The van der Waals surface area contributed by atoms with Crippen molar-refractivity contribution in [3.8, 4) is 0 Å². The predicted molar refractivity (Wildman–Crippen MR) is 113 cm³/mol. The molecule has 0 unspecified atom stereocenters. The van der Waals surface area contributed by atoms with E-state index in [9.17, 15) is 19.7 Å². The molecule has 0 aliphatic heterocycles. The van der Waals surface area contributed by atoms with Gasteiger partial charge in [-0.25, -0.2) is 9.48 Å². The Morgan fingerprint density at radius 1 is 1.29 bits per heavy atom. The van der Waals surface area contributed by atoms with Crippen LogP contribution < -0.4 is 5.69 Å². The van der Waals surface area contributed by atoms with Gasteiger partial charge in [0.25, 0.3) is 5.69 Å². The van der Waals surface area contributed by atoms with Crippen LogP contribution in [0.5, 0.6) is 0 Å². The number of benzene rings is 2. The number of carbonyl (C=O) groups excluding carboxylic acids is 1. The second-order valence-corrected chi connectivity index (χ2v) is 6.81. The highest BCUT2D eigenvalue weighted by Gasteiger charge is 2.16. The van der Waals surface area contributed by atoms with E-state index < -0.39 is 16.6 Å². The SMILES string of the molecule is CCOC(=O)Cn1nc(Cc2ccc(Cl)cc2)n(/N=C\c2cccc([N+](=O)[O-])c2)c1=O. The molecule has 11 heteroatoms. The number of nitro groups is 1. The summed E-state index contributed by atoms with van der Waals surface area (Å²) in [5, 5.41) is 19.9. The van der Waals surface area contributed by atoms with Crippen LogP contribution >= 0.6 is 11.6 Å². The number of ether oxygens (including phenoxy) is 1. The zero-order valence-electron chi connectivity index (χ0n) is 16.5. The summed E-state index contributed by atoms with van der Waals surface area (Å²) in [6.07, 6.45) is 1.56. The molecule has 0 aliphatic rings. The fraction of sp³-hybridized carbons (Fsp3) is 0.200. The highest BCUT2D eigenvalue weighted by atomic mass is 35.5. The van der Waals surface area contributed by atoms with E-state index in [1.807, 2.05) is 0 Å². The van der Waals surface area contributed by atoms with Crippen LogP contribution in [-0.4, -0.2) is 38.2 Å². The molecular formula is C20H18ClN5O5. The Morgan fingerprint density at radius 2 is 2.03 bits per heavy atom. The molecule has 0 atom stereocenters. The van der Waals surface area contributed by atoms with E-state index in [0.29, 0.717) is 10.6 Å². The molecule has 2 aromatic carbocycles. The monoisotopic (exact) mass is 443 g/mol. The van der Waals surface area contributed by atoms with Gasteiger partial charge >= 0.3 is 11.7 Å². The maximum absolute atomic E-state index is 12.8. The maximum atomic E-state index is 12.8. The van der Waals surface area contributed by atoms with Crippen LogP contribution in [0, 0.1) is 10.1 Å². The number of rotatable bonds is 8. The van der Waals surface area contributed by atoms with Gasteiger partial charge in [0, 0.05) is 29.1 Å². The van der Waals surface area contributed by atoms with Crippen LogP contribution in [0.4, 0.5) is 5.69 Å². The number of hydrogen-bond acceptors (Lipinski definition) is 7. The molecule has 10 nitrogen and oxygen atoms in total. The van der Waals surface area contributed by atoms with Crippen LogP contribution in [-0.2, 0) is 22.5 Å². The van der Waals surface area contributed by atoms with Gasteiger partial charge in [-0.3, -0.25) is 14.9 Å². The third-order valence-corrected chi connectivity index (χ3v) is 4.40. The number of hydrogen-bond donors (Lipinski definition) is 0. The number of carbonyl (C=O) groups is 1. The lowest BCUT2D eigenvalue weighted by molar-refractivity contribution is -0.384. The topological polar surface area (TPSA) is 122 Å². The minimum absolute atomic E-state index is 0.101. The van der Waals surface area contributed by atoms with E-state index >= 15 is 0 Å². The van der Waals surface area contributed by atoms with Crippen LogP contribution in [0.15, 0.2) is 58.4 Å². The van der Waals surface area contributed by atoms with Crippen molar-refractivity contribution in [3.05, 3.63) is 91.1 Å². The lowest BCUT2D eigenvalue weighted by atomic mass is 10.1. The number of nitrogens with zero attached hydrogens (tertiary/aromatic N) is 5. The molecule has 160 valence electrons. The second kappa shape index (κ2) is 9.81. The fourth-order valence-corrected chi connectivity index (χ4v) is 2.86. The molecule has 3 aromatic rings. The highest BCUT2D eigenvalue weighted by molar-refractivity contribution is 6.30. The first-order valence-electron chi connectivity index (χ1n) is 9.25. The van der Waals surface area contributed by atoms with E-state index in [1.54, 1.807) is 37.3 Å². The van der Waals surface area contributed by atoms with Gasteiger partial charge in [-0.1, -0.05) is 35.9 Å². The van der Waals surface area contributed by atoms with Crippen molar-refractivity contribution in [2.75, 3.05) is 6.61 Å². The van der Waals surface area contributed by atoms with Crippen LogP contribution in [0.3, 0.4) is 0 Å². The Balaban J connectivity index is 1.97. The quantitative estimate of drug-likeness (QED) is 0.228. The van der Waals surface area contributed by atoms with E-state index in [-0.39, 0.29) is 31.1 Å². The summed E-state index contributed by atoms with van der Waals surface area (Å²) in [6.45, 7) is 1.48. The Labute approximate surface area is 181 Å². The molecule has 1 heterocycles. The summed E-state index contributed by atoms with van der Waals surface area (Å²) in [5.74, 6) is -0.326. The predicted octanol–water partition coefficient (Wildman–Crippen LogP) is 2.64. The minimum Gasteiger partial charge on any atom is -0.465 e. The van der Waals surface area contributed by atoms with Crippen LogP contribution in [0.1, 0.15) is 23.9 Å². The summed E-state index contributed by atoms with van der Waals surface area (Å²) >= 11 is 5.92. The highest BCUT2D eigenvalue weighted by Crippen LogP contribution is 2.13. The third kappa shape index (κ3) is 5.64. The van der Waals surface area contributed by atoms with Crippen molar-refractivity contribution in [1.29, 1.82) is 0 Å². The Bertz CT molecular complexity index is 1180. The summed E-state index contributed by atoms with van der Waals surface area (Å²) in [7, 11) is 0. The van der Waals surface area contributed by atoms with Gasteiger partial charge in [-0.2, -0.15) is 14.9 Å². The average Bonchev–Trinajstić information content (AvgIpc) is 3.02. The smallest absolute Gasteiger partial charge is 0.367 e. The number of non-ortho nitro benzene ring substituents is 1. The van der Waals surface area contributed by atoms with Crippen molar-refractivity contribution in [1.82, 2.24) is 14.5 Å². The molecule has 0 saturated heterocycles. The van der Waals surface area contributed by atoms with Crippen molar-refractivity contribution in [3.63, 3.8) is 0 Å². The van der Waals surface area contributed by atoms with Gasteiger partial charge < -0.3 is 4.74 Å². The van der Waals surface area contributed by atoms with Gasteiger partial charge in [0.05, 0.1) is 17.7 Å². The number of halogens is 1. The Kier molecular flexibility index (Phi) is 6.93. The molecule has 0 saturated carbocycles. The van der Waals surface area contributed by atoms with E-state index in [1.165, 1.54) is 24.4 Å². The van der Waals surface area contributed by atoms with Crippen LogP contribution in [0.2, 0.25) is 5.02 Å². The third-order valence-electron chi connectivity index (χ3n) is 4.15. The molecule has 0 aliphatic carbocycles. The standard InChI is InChI=1S/C20H18ClN5O5/c1-2-31-19(27)13-24-20(28)25(18(23-24)11-14-6-8-16(21)9-7-14)22-12-15-4-3-5-17(10-15)26(29)30/h3-10,12H,2,11,13H2,1H3/b22-12-. The van der Waals surface area contributed by atoms with Crippen molar-refractivity contribution in [2.45, 2.75) is 19.9 Å². The molecule has 0 fully saturated rings. The average molecular weight is 444 g/mol. The molecule has 0 N–H and O–H groups in total. The second-order valence-electron chi connectivity index (χ2n) is 6.37. The first-order valence-corrected chi connectivity index (χ1v) is 9.62. The lowest BCUT2D eigenvalue weighted by Crippen LogP contribution is -2.27. The molecule has 3 rings (SSSR count).